The minimum absolute atomic E-state index is 0.327. The van der Waals surface area contributed by atoms with Crippen LogP contribution in [0.3, 0.4) is 0 Å². The highest BCUT2D eigenvalue weighted by Gasteiger charge is 2.35. The molecule has 0 radical (unpaired) electrons. The Morgan fingerprint density at radius 3 is 2.54 bits per heavy atom. The molecule has 0 spiro atoms. The monoisotopic (exact) mass is 411 g/mol. The highest BCUT2D eigenvalue weighted by molar-refractivity contribution is 7.92. The number of rotatable bonds is 5. The van der Waals surface area contributed by atoms with Crippen LogP contribution in [0.15, 0.2) is 71.5 Å². The van der Waals surface area contributed by atoms with Crippen LogP contribution in [-0.2, 0) is 16.4 Å². The lowest BCUT2D eigenvalue weighted by Gasteiger charge is -2.34. The summed E-state index contributed by atoms with van der Waals surface area (Å²) in [5.41, 5.74) is 2.87. The van der Waals surface area contributed by atoms with Gasteiger partial charge in [0.2, 0.25) is 10.0 Å². The molecule has 0 aliphatic carbocycles. The first-order valence-electron chi connectivity index (χ1n) is 9.04. The Labute approximate surface area is 169 Å². The van der Waals surface area contributed by atoms with Crippen molar-refractivity contribution in [2.45, 2.75) is 12.5 Å². The van der Waals surface area contributed by atoms with Crippen molar-refractivity contribution in [3.63, 3.8) is 0 Å². The topological polar surface area (TPSA) is 46.6 Å². The van der Waals surface area contributed by atoms with Gasteiger partial charge in [-0.15, -0.1) is 11.3 Å². The first-order valence-corrected chi connectivity index (χ1v) is 11.4. The van der Waals surface area contributed by atoms with E-state index in [1.165, 1.54) is 10.3 Å². The van der Waals surface area contributed by atoms with Gasteiger partial charge in [0.15, 0.2) is 0 Å². The molecule has 1 aliphatic heterocycles. The van der Waals surface area contributed by atoms with Gasteiger partial charge in [-0.3, -0.25) is 0 Å². The van der Waals surface area contributed by atoms with E-state index in [-0.39, 0.29) is 6.04 Å². The Bertz CT molecular complexity index is 1070. The third kappa shape index (κ3) is 3.76. The lowest BCUT2D eigenvalue weighted by Crippen LogP contribution is -2.38. The van der Waals surface area contributed by atoms with Crippen LogP contribution in [0.4, 0.5) is 0 Å². The normalized spacial score (nSPS) is 17.5. The van der Waals surface area contributed by atoms with Gasteiger partial charge in [0.25, 0.3) is 0 Å². The van der Waals surface area contributed by atoms with Gasteiger partial charge in [-0.1, -0.05) is 42.5 Å². The molecule has 1 unspecified atom stereocenters. The van der Waals surface area contributed by atoms with Gasteiger partial charge >= 0.3 is 0 Å². The molecule has 2 aromatic carbocycles. The van der Waals surface area contributed by atoms with Crippen LogP contribution < -0.4 is 4.74 Å². The van der Waals surface area contributed by atoms with E-state index in [9.17, 15) is 8.42 Å². The van der Waals surface area contributed by atoms with E-state index in [0.29, 0.717) is 6.54 Å². The van der Waals surface area contributed by atoms with Crippen LogP contribution in [-0.4, -0.2) is 26.4 Å². The number of fused-ring (bicyclic) bond motifs is 1. The van der Waals surface area contributed by atoms with Crippen molar-refractivity contribution >= 4 is 27.4 Å². The molecule has 1 aromatic heterocycles. The van der Waals surface area contributed by atoms with Crippen LogP contribution in [0.25, 0.3) is 6.08 Å². The maximum atomic E-state index is 13.2. The van der Waals surface area contributed by atoms with Crippen molar-refractivity contribution in [2.75, 3.05) is 13.7 Å². The minimum atomic E-state index is -3.59. The van der Waals surface area contributed by atoms with Crippen molar-refractivity contribution in [3.8, 4) is 5.75 Å². The Hall–Kier alpha value is -2.41. The number of thiophene rings is 1. The summed E-state index contributed by atoms with van der Waals surface area (Å²) < 4.78 is 33.3. The van der Waals surface area contributed by atoms with Crippen molar-refractivity contribution in [3.05, 3.63) is 93.0 Å². The zero-order chi connectivity index (χ0) is 19.6. The molecule has 0 bridgehead atoms. The molecule has 0 saturated heterocycles. The van der Waals surface area contributed by atoms with E-state index in [2.05, 4.69) is 0 Å². The standard InChI is InChI=1S/C22H21NO3S2/c1-26-19-9-7-18(8-10-19)22-20-12-15-27-21(20)11-14-23(22)28(24,25)16-13-17-5-3-2-4-6-17/h2-10,12-13,15-16,22H,11,14H2,1H3. The lowest BCUT2D eigenvalue weighted by molar-refractivity contribution is 0.351. The summed E-state index contributed by atoms with van der Waals surface area (Å²) in [7, 11) is -1.97. The summed E-state index contributed by atoms with van der Waals surface area (Å²) in [5.74, 6) is 0.753. The number of hydrogen-bond acceptors (Lipinski definition) is 4. The Balaban J connectivity index is 1.72. The van der Waals surface area contributed by atoms with Crippen LogP contribution in [0, 0.1) is 0 Å². The largest absolute Gasteiger partial charge is 0.497 e. The second-order valence-electron chi connectivity index (χ2n) is 6.59. The SMILES string of the molecule is COc1ccc(C2c3ccsc3CCN2S(=O)(=O)C=Cc2ccccc2)cc1. The van der Waals surface area contributed by atoms with Crippen LogP contribution in [0.2, 0.25) is 0 Å². The molecule has 4 nitrogen and oxygen atoms in total. The molecular formula is C22H21NO3S2. The van der Waals surface area contributed by atoms with Gasteiger partial charge < -0.3 is 4.74 Å². The van der Waals surface area contributed by atoms with Crippen molar-refractivity contribution in [2.24, 2.45) is 0 Å². The molecule has 28 heavy (non-hydrogen) atoms. The quantitative estimate of drug-likeness (QED) is 0.611. The minimum Gasteiger partial charge on any atom is -0.497 e. The average molecular weight is 412 g/mol. The van der Waals surface area contributed by atoms with Crippen LogP contribution in [0.1, 0.15) is 27.6 Å². The van der Waals surface area contributed by atoms with Crippen LogP contribution >= 0.6 is 11.3 Å². The number of sulfonamides is 1. The molecule has 2 heterocycles. The van der Waals surface area contributed by atoms with E-state index in [1.54, 1.807) is 28.8 Å². The molecule has 0 amide bonds. The fourth-order valence-corrected chi connectivity index (χ4v) is 5.77. The van der Waals surface area contributed by atoms with Gasteiger partial charge in [-0.2, -0.15) is 4.31 Å². The predicted octanol–water partition coefficient (Wildman–Crippen LogP) is 4.70. The van der Waals surface area contributed by atoms with E-state index >= 15 is 0 Å². The summed E-state index contributed by atoms with van der Waals surface area (Å²) in [6.45, 7) is 0.464. The molecule has 4 rings (SSSR count). The summed E-state index contributed by atoms with van der Waals surface area (Å²) in [6, 6.07) is 18.8. The fraction of sp³-hybridized carbons (Fsp3) is 0.182. The molecule has 1 atom stereocenters. The van der Waals surface area contributed by atoms with Crippen molar-refractivity contribution in [1.82, 2.24) is 4.31 Å². The predicted molar refractivity (Wildman–Crippen MR) is 114 cm³/mol. The zero-order valence-corrected chi connectivity index (χ0v) is 17.1. The molecule has 3 aromatic rings. The molecule has 1 aliphatic rings. The summed E-state index contributed by atoms with van der Waals surface area (Å²) in [5, 5.41) is 3.35. The van der Waals surface area contributed by atoms with E-state index in [1.807, 2.05) is 66.0 Å². The smallest absolute Gasteiger partial charge is 0.237 e. The summed E-state index contributed by atoms with van der Waals surface area (Å²) in [6.07, 6.45) is 2.39. The van der Waals surface area contributed by atoms with E-state index in [4.69, 9.17) is 4.74 Å². The summed E-state index contributed by atoms with van der Waals surface area (Å²) in [4.78, 5) is 1.25. The Morgan fingerprint density at radius 1 is 1.07 bits per heavy atom. The second kappa shape index (κ2) is 7.91. The maximum Gasteiger partial charge on any atom is 0.237 e. The Morgan fingerprint density at radius 2 is 1.82 bits per heavy atom. The molecular weight excluding hydrogens is 390 g/mol. The number of methoxy groups -OCH3 is 1. The molecule has 0 N–H and O–H groups in total. The first-order chi connectivity index (χ1) is 13.6. The molecule has 0 fully saturated rings. The van der Waals surface area contributed by atoms with Gasteiger partial charge in [0.1, 0.15) is 5.75 Å². The third-order valence-corrected chi connectivity index (χ3v) is 7.44. The highest BCUT2D eigenvalue weighted by atomic mass is 32.2. The average Bonchev–Trinajstić information content (AvgIpc) is 3.21. The highest BCUT2D eigenvalue weighted by Crippen LogP contribution is 2.40. The van der Waals surface area contributed by atoms with Crippen LogP contribution in [0.5, 0.6) is 5.75 Å². The van der Waals surface area contributed by atoms with Gasteiger partial charge in [-0.05, 0) is 52.8 Å². The van der Waals surface area contributed by atoms with Crippen molar-refractivity contribution < 1.29 is 13.2 Å². The number of nitrogens with zero attached hydrogens (tertiary/aromatic N) is 1. The van der Waals surface area contributed by atoms with Crippen molar-refractivity contribution in [1.29, 1.82) is 0 Å². The van der Waals surface area contributed by atoms with Gasteiger partial charge in [0, 0.05) is 16.8 Å². The number of benzene rings is 2. The van der Waals surface area contributed by atoms with E-state index < -0.39 is 10.0 Å². The third-order valence-electron chi connectivity index (χ3n) is 4.91. The van der Waals surface area contributed by atoms with Gasteiger partial charge in [0.05, 0.1) is 13.2 Å². The van der Waals surface area contributed by atoms with Gasteiger partial charge in [-0.25, -0.2) is 8.42 Å². The molecule has 0 saturated carbocycles. The first kappa shape index (κ1) is 18.9. The lowest BCUT2D eigenvalue weighted by atomic mass is 9.95. The number of hydrogen-bond donors (Lipinski definition) is 0. The second-order valence-corrected chi connectivity index (χ2v) is 9.37. The molecule has 144 valence electrons. The zero-order valence-electron chi connectivity index (χ0n) is 15.5. The maximum absolute atomic E-state index is 13.2. The molecule has 6 heteroatoms. The summed E-state index contributed by atoms with van der Waals surface area (Å²) >= 11 is 1.69. The Kier molecular flexibility index (Phi) is 5.35. The number of ether oxygens (including phenoxy) is 1. The fourth-order valence-electron chi connectivity index (χ4n) is 3.51. The van der Waals surface area contributed by atoms with E-state index in [0.717, 1.165) is 28.9 Å².